The molecule has 1 heterocycles. The van der Waals surface area contributed by atoms with Gasteiger partial charge in [-0.25, -0.2) is 0 Å². The third-order valence-electron chi connectivity index (χ3n) is 2.29. The van der Waals surface area contributed by atoms with Crippen LogP contribution in [0, 0.1) is 0 Å². The van der Waals surface area contributed by atoms with Gasteiger partial charge >= 0.3 is 0 Å². The van der Waals surface area contributed by atoms with E-state index in [1.165, 1.54) is 6.92 Å². The number of nitrogens with zero attached hydrogens (tertiary/aromatic N) is 1. The number of anilines is 1. The SMILES string of the molecule is CC(=O)Nc1cccc(Oc2ccccc2C=O)n1. The van der Waals surface area contributed by atoms with Crippen LogP contribution in [-0.4, -0.2) is 17.2 Å². The second-order valence-corrected chi connectivity index (χ2v) is 3.80. The first kappa shape index (κ1) is 12.8. The number of hydrogen-bond donors (Lipinski definition) is 1. The van der Waals surface area contributed by atoms with Crippen molar-refractivity contribution < 1.29 is 14.3 Å². The minimum Gasteiger partial charge on any atom is -0.438 e. The molecule has 0 aliphatic rings. The highest BCUT2D eigenvalue weighted by molar-refractivity contribution is 5.87. The summed E-state index contributed by atoms with van der Waals surface area (Å²) in [5, 5.41) is 2.56. The van der Waals surface area contributed by atoms with Crippen LogP contribution in [0.15, 0.2) is 42.5 Å². The van der Waals surface area contributed by atoms with E-state index in [-0.39, 0.29) is 5.91 Å². The highest BCUT2D eigenvalue weighted by Gasteiger charge is 2.05. The van der Waals surface area contributed by atoms with Crippen molar-refractivity contribution in [2.75, 3.05) is 5.32 Å². The molecule has 1 aromatic heterocycles. The summed E-state index contributed by atoms with van der Waals surface area (Å²) in [5.74, 6) is 0.914. The molecule has 0 fully saturated rings. The molecule has 0 unspecified atom stereocenters. The Morgan fingerprint density at radius 1 is 1.21 bits per heavy atom. The first-order chi connectivity index (χ1) is 9.19. The average molecular weight is 256 g/mol. The summed E-state index contributed by atoms with van der Waals surface area (Å²) in [6.45, 7) is 1.40. The molecule has 1 N–H and O–H groups in total. The monoisotopic (exact) mass is 256 g/mol. The molecular formula is C14H12N2O3. The number of pyridine rings is 1. The number of amides is 1. The molecule has 0 aliphatic heterocycles. The minimum atomic E-state index is -0.210. The molecule has 5 heteroatoms. The van der Waals surface area contributed by atoms with E-state index in [4.69, 9.17) is 4.74 Å². The van der Waals surface area contributed by atoms with Crippen LogP contribution in [0.4, 0.5) is 5.82 Å². The molecule has 0 aliphatic carbocycles. The lowest BCUT2D eigenvalue weighted by Crippen LogP contribution is -2.07. The summed E-state index contributed by atoms with van der Waals surface area (Å²) in [4.78, 5) is 25.9. The normalized spacial score (nSPS) is 9.74. The Bertz CT molecular complexity index is 611. The summed E-state index contributed by atoms with van der Waals surface area (Å²) in [7, 11) is 0. The van der Waals surface area contributed by atoms with Crippen LogP contribution in [0.5, 0.6) is 11.6 Å². The van der Waals surface area contributed by atoms with Gasteiger partial charge in [-0.3, -0.25) is 9.59 Å². The van der Waals surface area contributed by atoms with Gasteiger partial charge in [0.2, 0.25) is 11.8 Å². The third kappa shape index (κ3) is 3.38. The van der Waals surface area contributed by atoms with Gasteiger partial charge in [0.15, 0.2) is 6.29 Å². The predicted octanol–water partition coefficient (Wildman–Crippen LogP) is 2.64. The number of carbonyl (C=O) groups is 2. The van der Waals surface area contributed by atoms with Crippen LogP contribution in [0.1, 0.15) is 17.3 Å². The van der Waals surface area contributed by atoms with E-state index in [0.29, 0.717) is 29.3 Å². The zero-order chi connectivity index (χ0) is 13.7. The van der Waals surface area contributed by atoms with Gasteiger partial charge in [-0.1, -0.05) is 18.2 Å². The van der Waals surface area contributed by atoms with Gasteiger partial charge in [-0.05, 0) is 18.2 Å². The quantitative estimate of drug-likeness (QED) is 0.854. The van der Waals surface area contributed by atoms with Crippen LogP contribution in [0.3, 0.4) is 0 Å². The van der Waals surface area contributed by atoms with Crippen molar-refractivity contribution in [3.8, 4) is 11.6 Å². The number of para-hydroxylation sites is 1. The third-order valence-corrected chi connectivity index (χ3v) is 2.29. The van der Waals surface area contributed by atoms with E-state index in [1.807, 2.05) is 0 Å². The van der Waals surface area contributed by atoms with Crippen LogP contribution >= 0.6 is 0 Å². The lowest BCUT2D eigenvalue weighted by Gasteiger charge is -2.08. The Hall–Kier alpha value is -2.69. The number of rotatable bonds is 4. The van der Waals surface area contributed by atoms with Gasteiger partial charge in [0, 0.05) is 13.0 Å². The standard InChI is InChI=1S/C14H12N2O3/c1-10(18)15-13-7-4-8-14(16-13)19-12-6-3-2-5-11(12)9-17/h2-9H,1H3,(H,15,16,18). The molecule has 0 spiro atoms. The molecule has 0 atom stereocenters. The summed E-state index contributed by atoms with van der Waals surface area (Å²) in [5.41, 5.74) is 0.439. The Morgan fingerprint density at radius 3 is 2.74 bits per heavy atom. The van der Waals surface area contributed by atoms with E-state index >= 15 is 0 Å². The highest BCUT2D eigenvalue weighted by atomic mass is 16.5. The number of nitrogens with one attached hydrogen (secondary N) is 1. The number of benzene rings is 1. The molecule has 5 nitrogen and oxygen atoms in total. The van der Waals surface area contributed by atoms with Gasteiger partial charge in [0.1, 0.15) is 11.6 Å². The molecule has 96 valence electrons. The van der Waals surface area contributed by atoms with E-state index < -0.39 is 0 Å². The smallest absolute Gasteiger partial charge is 0.222 e. The van der Waals surface area contributed by atoms with Crippen molar-refractivity contribution in [3.63, 3.8) is 0 Å². The van der Waals surface area contributed by atoms with Crippen molar-refractivity contribution in [1.29, 1.82) is 0 Å². The maximum absolute atomic E-state index is 10.9. The molecule has 1 amide bonds. The molecule has 1 aromatic carbocycles. The lowest BCUT2D eigenvalue weighted by molar-refractivity contribution is -0.114. The molecule has 0 saturated carbocycles. The molecular weight excluding hydrogens is 244 g/mol. The number of carbonyl (C=O) groups excluding carboxylic acids is 2. The van der Waals surface area contributed by atoms with Crippen molar-refractivity contribution >= 4 is 18.0 Å². The molecule has 0 bridgehead atoms. The fraction of sp³-hybridized carbons (Fsp3) is 0.0714. The van der Waals surface area contributed by atoms with Crippen LogP contribution in [0.2, 0.25) is 0 Å². The van der Waals surface area contributed by atoms with Gasteiger partial charge in [-0.2, -0.15) is 4.98 Å². The summed E-state index contributed by atoms with van der Waals surface area (Å²) in [6, 6.07) is 11.8. The van der Waals surface area contributed by atoms with E-state index in [9.17, 15) is 9.59 Å². The van der Waals surface area contributed by atoms with Crippen molar-refractivity contribution in [2.45, 2.75) is 6.92 Å². The minimum absolute atomic E-state index is 0.210. The Labute approximate surface area is 110 Å². The van der Waals surface area contributed by atoms with Gasteiger partial charge in [0.05, 0.1) is 5.56 Å². The molecule has 0 saturated heterocycles. The van der Waals surface area contributed by atoms with E-state index in [1.54, 1.807) is 42.5 Å². The van der Waals surface area contributed by atoms with Crippen molar-refractivity contribution in [1.82, 2.24) is 4.98 Å². The largest absolute Gasteiger partial charge is 0.438 e. The van der Waals surface area contributed by atoms with Crippen LogP contribution < -0.4 is 10.1 Å². The maximum atomic E-state index is 10.9. The highest BCUT2D eigenvalue weighted by Crippen LogP contribution is 2.23. The number of hydrogen-bond acceptors (Lipinski definition) is 4. The maximum Gasteiger partial charge on any atom is 0.222 e. The average Bonchev–Trinajstić information content (AvgIpc) is 2.39. The zero-order valence-electron chi connectivity index (χ0n) is 10.3. The molecule has 2 aromatic rings. The van der Waals surface area contributed by atoms with Crippen molar-refractivity contribution in [3.05, 3.63) is 48.0 Å². The second-order valence-electron chi connectivity index (χ2n) is 3.80. The number of aromatic nitrogens is 1. The topological polar surface area (TPSA) is 68.3 Å². The fourth-order valence-electron chi connectivity index (χ4n) is 1.51. The van der Waals surface area contributed by atoms with Gasteiger partial charge in [0.25, 0.3) is 0 Å². The fourth-order valence-corrected chi connectivity index (χ4v) is 1.51. The van der Waals surface area contributed by atoms with E-state index in [2.05, 4.69) is 10.3 Å². The summed E-state index contributed by atoms with van der Waals surface area (Å²) >= 11 is 0. The Kier molecular flexibility index (Phi) is 3.87. The predicted molar refractivity (Wildman–Crippen MR) is 70.4 cm³/mol. The van der Waals surface area contributed by atoms with Gasteiger partial charge < -0.3 is 10.1 Å². The van der Waals surface area contributed by atoms with Crippen molar-refractivity contribution in [2.24, 2.45) is 0 Å². The zero-order valence-corrected chi connectivity index (χ0v) is 10.3. The number of ether oxygens (including phenoxy) is 1. The first-order valence-corrected chi connectivity index (χ1v) is 5.66. The summed E-state index contributed by atoms with van der Waals surface area (Å²) < 4.78 is 5.53. The summed E-state index contributed by atoms with van der Waals surface area (Å²) in [6.07, 6.45) is 0.715. The van der Waals surface area contributed by atoms with Crippen LogP contribution in [-0.2, 0) is 4.79 Å². The molecule has 0 radical (unpaired) electrons. The lowest BCUT2D eigenvalue weighted by atomic mass is 10.2. The Balaban J connectivity index is 2.23. The molecule has 2 rings (SSSR count). The number of aldehydes is 1. The first-order valence-electron chi connectivity index (χ1n) is 5.66. The molecule has 19 heavy (non-hydrogen) atoms. The van der Waals surface area contributed by atoms with Crippen LogP contribution in [0.25, 0.3) is 0 Å². The Morgan fingerprint density at radius 2 is 2.00 bits per heavy atom. The van der Waals surface area contributed by atoms with E-state index in [0.717, 1.165) is 0 Å². The second kappa shape index (κ2) is 5.77. The van der Waals surface area contributed by atoms with Gasteiger partial charge in [-0.15, -0.1) is 0 Å².